The third kappa shape index (κ3) is 3.55. The zero-order valence-electron chi connectivity index (χ0n) is 19.6. The van der Waals surface area contributed by atoms with Crippen LogP contribution in [0.1, 0.15) is 0 Å². The Morgan fingerprint density at radius 2 is 1.11 bits per heavy atom. The van der Waals surface area contributed by atoms with Crippen molar-refractivity contribution in [3.05, 3.63) is 133 Å². The van der Waals surface area contributed by atoms with E-state index in [9.17, 15) is 0 Å². The first-order chi connectivity index (χ1) is 17.8. The largest absolute Gasteiger partial charge is 0.354 e. The van der Waals surface area contributed by atoms with E-state index in [0.29, 0.717) is 0 Å². The van der Waals surface area contributed by atoms with E-state index in [0.717, 1.165) is 11.4 Å². The Hall–Kier alpha value is -4.40. The summed E-state index contributed by atoms with van der Waals surface area (Å²) >= 11 is 1.88. The van der Waals surface area contributed by atoms with Gasteiger partial charge in [-0.1, -0.05) is 115 Å². The van der Waals surface area contributed by atoms with Crippen molar-refractivity contribution in [3.8, 4) is 22.3 Å². The van der Waals surface area contributed by atoms with E-state index in [1.807, 2.05) is 11.3 Å². The molecule has 6 aromatic carbocycles. The fourth-order valence-corrected chi connectivity index (χ4v) is 6.44. The topological polar surface area (TPSA) is 12.0 Å². The Kier molecular flexibility index (Phi) is 5.04. The van der Waals surface area contributed by atoms with E-state index in [2.05, 4.69) is 139 Å². The van der Waals surface area contributed by atoms with Crippen molar-refractivity contribution in [2.24, 2.45) is 0 Å². The highest BCUT2D eigenvalue weighted by Gasteiger charge is 2.16. The number of thiophene rings is 1. The molecule has 2 heteroatoms. The minimum Gasteiger partial charge on any atom is -0.354 e. The van der Waals surface area contributed by atoms with Crippen molar-refractivity contribution in [2.75, 3.05) is 5.32 Å². The highest BCUT2D eigenvalue weighted by atomic mass is 32.1. The summed E-state index contributed by atoms with van der Waals surface area (Å²) in [6.07, 6.45) is 0. The zero-order chi connectivity index (χ0) is 23.9. The lowest BCUT2D eigenvalue weighted by Crippen LogP contribution is -1.91. The van der Waals surface area contributed by atoms with E-state index in [-0.39, 0.29) is 0 Å². The Labute approximate surface area is 214 Å². The molecule has 0 aliphatic rings. The summed E-state index contributed by atoms with van der Waals surface area (Å²) in [4.78, 5) is 0. The maximum absolute atomic E-state index is 3.75. The van der Waals surface area contributed by atoms with Crippen LogP contribution in [-0.2, 0) is 0 Å². The van der Waals surface area contributed by atoms with Crippen molar-refractivity contribution in [2.45, 2.75) is 0 Å². The van der Waals surface area contributed by atoms with Gasteiger partial charge >= 0.3 is 0 Å². The van der Waals surface area contributed by atoms with Crippen LogP contribution in [-0.4, -0.2) is 0 Å². The maximum Gasteiger partial charge on any atom is 0.0597 e. The van der Waals surface area contributed by atoms with Gasteiger partial charge in [-0.25, -0.2) is 0 Å². The number of rotatable bonds is 4. The van der Waals surface area contributed by atoms with Crippen molar-refractivity contribution >= 4 is 53.7 Å². The van der Waals surface area contributed by atoms with Gasteiger partial charge in [-0.15, -0.1) is 11.3 Å². The average molecular weight is 478 g/mol. The van der Waals surface area contributed by atoms with Gasteiger partial charge in [-0.2, -0.15) is 0 Å². The van der Waals surface area contributed by atoms with Crippen molar-refractivity contribution in [1.82, 2.24) is 0 Å². The highest BCUT2D eigenvalue weighted by Crippen LogP contribution is 2.46. The number of hydrogen-bond acceptors (Lipinski definition) is 2. The van der Waals surface area contributed by atoms with Crippen LogP contribution in [0.2, 0.25) is 0 Å². The Morgan fingerprint density at radius 1 is 0.472 bits per heavy atom. The zero-order valence-corrected chi connectivity index (χ0v) is 20.4. The maximum atomic E-state index is 3.75. The van der Waals surface area contributed by atoms with E-state index < -0.39 is 0 Å². The van der Waals surface area contributed by atoms with Crippen LogP contribution in [0.4, 0.5) is 11.4 Å². The molecule has 1 N–H and O–H groups in total. The summed E-state index contributed by atoms with van der Waals surface area (Å²) < 4.78 is 2.62. The van der Waals surface area contributed by atoms with Gasteiger partial charge in [0.05, 0.1) is 10.4 Å². The number of benzene rings is 6. The Bertz CT molecular complexity index is 1830. The lowest BCUT2D eigenvalue weighted by Gasteiger charge is -2.11. The average Bonchev–Trinajstić information content (AvgIpc) is 3.35. The summed E-state index contributed by atoms with van der Waals surface area (Å²) in [5, 5.41) is 8.94. The molecule has 0 saturated heterocycles. The molecular weight excluding hydrogens is 454 g/mol. The molecule has 0 spiro atoms. The molecule has 0 saturated carbocycles. The summed E-state index contributed by atoms with van der Waals surface area (Å²) in [5.41, 5.74) is 7.24. The quantitative estimate of drug-likeness (QED) is 0.266. The fourth-order valence-electron chi connectivity index (χ4n) is 5.12. The summed E-state index contributed by atoms with van der Waals surface area (Å²) in [7, 11) is 0. The number of anilines is 2. The second-order valence-corrected chi connectivity index (χ2v) is 10.1. The smallest absolute Gasteiger partial charge is 0.0597 e. The van der Waals surface area contributed by atoms with Crippen LogP contribution in [0.5, 0.6) is 0 Å². The van der Waals surface area contributed by atoms with E-state index >= 15 is 0 Å². The molecule has 0 radical (unpaired) electrons. The summed E-state index contributed by atoms with van der Waals surface area (Å²) in [6.45, 7) is 0. The van der Waals surface area contributed by atoms with Crippen LogP contribution in [0, 0.1) is 0 Å². The van der Waals surface area contributed by atoms with Gasteiger partial charge in [0.1, 0.15) is 0 Å². The first-order valence-electron chi connectivity index (χ1n) is 12.2. The standard InChI is InChI=1S/C34H23NS/c1-3-10-23(11-4-1)24-18-20-27(21-19-24)35-31-22-26-14-7-8-15-28(26)32-30-17-9-16-29(33(30)36-34(31)32)25-12-5-2-6-13-25/h1-22,35H. The van der Waals surface area contributed by atoms with Crippen molar-refractivity contribution < 1.29 is 0 Å². The second kappa shape index (κ2) is 8.67. The highest BCUT2D eigenvalue weighted by molar-refractivity contribution is 7.27. The molecule has 1 aromatic heterocycles. The summed E-state index contributed by atoms with van der Waals surface area (Å²) in [6, 6.07) is 47.7. The molecule has 0 amide bonds. The van der Waals surface area contributed by atoms with Gasteiger partial charge in [0.25, 0.3) is 0 Å². The van der Waals surface area contributed by atoms with Crippen LogP contribution in [0.15, 0.2) is 133 Å². The minimum absolute atomic E-state index is 1.09. The van der Waals surface area contributed by atoms with Crippen LogP contribution >= 0.6 is 11.3 Å². The fraction of sp³-hybridized carbons (Fsp3) is 0. The van der Waals surface area contributed by atoms with Gasteiger partial charge in [0, 0.05) is 21.2 Å². The summed E-state index contributed by atoms with van der Waals surface area (Å²) in [5.74, 6) is 0. The van der Waals surface area contributed by atoms with Gasteiger partial charge in [0.15, 0.2) is 0 Å². The SMILES string of the molecule is c1ccc(-c2ccc(Nc3cc4ccccc4c4c3sc3c(-c5ccccc5)cccc34)cc2)cc1. The third-order valence-corrected chi connectivity index (χ3v) is 8.12. The molecule has 1 nitrogen and oxygen atoms in total. The van der Waals surface area contributed by atoms with E-state index in [1.54, 1.807) is 0 Å². The number of hydrogen-bond donors (Lipinski definition) is 1. The Balaban J connectivity index is 1.41. The molecule has 0 aliphatic heterocycles. The molecule has 0 unspecified atom stereocenters. The molecular formula is C34H23NS. The normalized spacial score (nSPS) is 11.3. The van der Waals surface area contributed by atoms with Crippen LogP contribution < -0.4 is 5.32 Å². The predicted molar refractivity (Wildman–Crippen MR) is 157 cm³/mol. The minimum atomic E-state index is 1.09. The first-order valence-corrected chi connectivity index (χ1v) is 13.0. The first kappa shape index (κ1) is 20.9. The molecule has 0 bridgehead atoms. The molecule has 36 heavy (non-hydrogen) atoms. The number of nitrogens with one attached hydrogen (secondary N) is 1. The molecule has 7 rings (SSSR count). The van der Waals surface area contributed by atoms with Crippen molar-refractivity contribution in [3.63, 3.8) is 0 Å². The molecule has 170 valence electrons. The van der Waals surface area contributed by atoms with E-state index in [4.69, 9.17) is 0 Å². The molecule has 1 heterocycles. The second-order valence-electron chi connectivity index (χ2n) is 9.07. The molecule has 0 fully saturated rings. The lowest BCUT2D eigenvalue weighted by molar-refractivity contribution is 1.57. The number of fused-ring (bicyclic) bond motifs is 5. The van der Waals surface area contributed by atoms with Gasteiger partial charge in [-0.05, 0) is 51.2 Å². The van der Waals surface area contributed by atoms with Gasteiger partial charge in [-0.3, -0.25) is 0 Å². The third-order valence-electron chi connectivity index (χ3n) is 6.85. The van der Waals surface area contributed by atoms with Gasteiger partial charge < -0.3 is 5.32 Å². The monoisotopic (exact) mass is 477 g/mol. The van der Waals surface area contributed by atoms with Crippen LogP contribution in [0.3, 0.4) is 0 Å². The molecule has 0 atom stereocenters. The predicted octanol–water partition coefficient (Wildman–Crippen LogP) is 10.3. The van der Waals surface area contributed by atoms with Crippen molar-refractivity contribution in [1.29, 1.82) is 0 Å². The van der Waals surface area contributed by atoms with Gasteiger partial charge in [0.2, 0.25) is 0 Å². The van der Waals surface area contributed by atoms with Crippen LogP contribution in [0.25, 0.3) is 53.2 Å². The van der Waals surface area contributed by atoms with E-state index in [1.165, 1.54) is 53.2 Å². The lowest BCUT2D eigenvalue weighted by atomic mass is 9.99. The molecule has 0 aliphatic carbocycles. The molecule has 7 aromatic rings. The Morgan fingerprint density at radius 3 is 1.89 bits per heavy atom.